The number of aliphatic hydroxyl groups is 1. The first kappa shape index (κ1) is 19.6. The Morgan fingerprint density at radius 3 is 2.35 bits per heavy atom. The van der Waals surface area contributed by atoms with Crippen molar-refractivity contribution in [2.24, 2.45) is 0 Å². The van der Waals surface area contributed by atoms with E-state index in [0.717, 1.165) is 5.56 Å². The summed E-state index contributed by atoms with van der Waals surface area (Å²) in [6, 6.07) is 14.1. The quantitative estimate of drug-likeness (QED) is 0.443. The normalized spacial score (nSPS) is 13.2. The van der Waals surface area contributed by atoms with Crippen molar-refractivity contribution in [1.82, 2.24) is 4.90 Å². The third-order valence-electron chi connectivity index (χ3n) is 4.02. The van der Waals surface area contributed by atoms with Gasteiger partial charge in [-0.2, -0.15) is 0 Å². The number of likely N-dealkylation sites (N-methyl/N-ethyl adjacent to an activating group) is 1. The fraction of sp³-hybridized carbons (Fsp3) is 0.316. The molecule has 2 aromatic rings. The van der Waals surface area contributed by atoms with Crippen molar-refractivity contribution < 1.29 is 19.6 Å². The Morgan fingerprint density at radius 1 is 1.19 bits per heavy atom. The number of carbonyl (C=O) groups excluding carboxylic acids is 1. The molecule has 0 saturated carbocycles. The summed E-state index contributed by atoms with van der Waals surface area (Å²) < 4.78 is 5.12. The first-order chi connectivity index (χ1) is 12.4. The number of nitrogens with zero attached hydrogens (tertiary/aromatic N) is 2. The Labute approximate surface area is 152 Å². The highest BCUT2D eigenvalue weighted by Crippen LogP contribution is 2.25. The number of benzene rings is 2. The number of hydrogen-bond acceptors (Lipinski definition) is 6. The van der Waals surface area contributed by atoms with Gasteiger partial charge < -0.3 is 9.84 Å². The van der Waals surface area contributed by atoms with Crippen molar-refractivity contribution in [3.63, 3.8) is 0 Å². The van der Waals surface area contributed by atoms with E-state index in [1.165, 1.54) is 24.3 Å². The van der Waals surface area contributed by atoms with Gasteiger partial charge in [-0.05, 0) is 37.2 Å². The second kappa shape index (κ2) is 9.07. The number of esters is 1. The van der Waals surface area contributed by atoms with Crippen LogP contribution in [0.4, 0.5) is 5.69 Å². The highest BCUT2D eigenvalue weighted by atomic mass is 16.6. The zero-order chi connectivity index (χ0) is 19.1. The smallest absolute Gasteiger partial charge is 0.326 e. The summed E-state index contributed by atoms with van der Waals surface area (Å²) in [5, 5.41) is 21.5. The fourth-order valence-electron chi connectivity index (χ4n) is 2.72. The van der Waals surface area contributed by atoms with E-state index in [1.807, 2.05) is 30.3 Å². The van der Waals surface area contributed by atoms with Crippen molar-refractivity contribution in [3.8, 4) is 0 Å². The Balaban J connectivity index is 2.24. The molecular weight excluding hydrogens is 336 g/mol. The molecule has 0 unspecified atom stereocenters. The van der Waals surface area contributed by atoms with Gasteiger partial charge in [0, 0.05) is 18.7 Å². The van der Waals surface area contributed by atoms with Gasteiger partial charge >= 0.3 is 5.97 Å². The zero-order valence-corrected chi connectivity index (χ0v) is 14.7. The lowest BCUT2D eigenvalue weighted by Gasteiger charge is -2.30. The van der Waals surface area contributed by atoms with Gasteiger partial charge in [0.2, 0.25) is 0 Å². The Bertz CT molecular complexity index is 733. The van der Waals surface area contributed by atoms with Crippen LogP contribution in [0.5, 0.6) is 0 Å². The monoisotopic (exact) mass is 358 g/mol. The average Bonchev–Trinajstić information content (AvgIpc) is 2.63. The molecule has 0 aromatic heterocycles. The van der Waals surface area contributed by atoms with E-state index in [9.17, 15) is 20.0 Å². The summed E-state index contributed by atoms with van der Waals surface area (Å²) >= 11 is 0. The molecule has 1 N–H and O–H groups in total. The molecule has 0 spiro atoms. The van der Waals surface area contributed by atoms with E-state index in [4.69, 9.17) is 4.74 Å². The highest BCUT2D eigenvalue weighted by Gasteiger charge is 2.33. The zero-order valence-electron chi connectivity index (χ0n) is 14.7. The molecule has 0 amide bonds. The van der Waals surface area contributed by atoms with Gasteiger partial charge in [-0.15, -0.1) is 0 Å². The molecule has 0 aliphatic heterocycles. The van der Waals surface area contributed by atoms with Crippen LogP contribution in [0.3, 0.4) is 0 Å². The topological polar surface area (TPSA) is 92.9 Å². The van der Waals surface area contributed by atoms with Gasteiger partial charge in [0.1, 0.15) is 12.1 Å². The van der Waals surface area contributed by atoms with Crippen molar-refractivity contribution in [3.05, 3.63) is 75.8 Å². The lowest BCUT2D eigenvalue weighted by Crippen LogP contribution is -2.43. The molecule has 0 aliphatic carbocycles. The van der Waals surface area contributed by atoms with Gasteiger partial charge in [0.15, 0.2) is 0 Å². The van der Waals surface area contributed by atoms with Crippen LogP contribution in [0.1, 0.15) is 24.2 Å². The minimum absolute atomic E-state index is 0.0775. The standard InChI is InChI=1S/C19H22N2O5/c1-3-26-19(23)17(20(2)13-14-7-5-4-6-8-14)18(22)15-9-11-16(12-10-15)21(24)25/h4-12,17-18,22H,3,13H2,1-2H3/t17-,18-/m1/s1. The summed E-state index contributed by atoms with van der Waals surface area (Å²) in [7, 11) is 1.73. The molecule has 0 bridgehead atoms. The Morgan fingerprint density at radius 2 is 1.81 bits per heavy atom. The SMILES string of the molecule is CCOC(=O)[C@@H]([C@H](O)c1ccc([N+](=O)[O-])cc1)N(C)Cc1ccccc1. The molecule has 7 nitrogen and oxygen atoms in total. The van der Waals surface area contributed by atoms with E-state index in [-0.39, 0.29) is 12.3 Å². The van der Waals surface area contributed by atoms with Gasteiger partial charge in [-0.3, -0.25) is 19.8 Å². The van der Waals surface area contributed by atoms with Crippen molar-refractivity contribution in [1.29, 1.82) is 0 Å². The van der Waals surface area contributed by atoms with Crippen LogP contribution in [0, 0.1) is 10.1 Å². The summed E-state index contributed by atoms with van der Waals surface area (Å²) in [6.07, 6.45) is -1.18. The molecular formula is C19H22N2O5. The number of hydrogen-bond donors (Lipinski definition) is 1. The van der Waals surface area contributed by atoms with Crippen LogP contribution < -0.4 is 0 Å². The predicted octanol–water partition coefficient (Wildman–Crippen LogP) is 2.69. The van der Waals surface area contributed by atoms with E-state index in [1.54, 1.807) is 18.9 Å². The van der Waals surface area contributed by atoms with Gasteiger partial charge in [-0.25, -0.2) is 0 Å². The molecule has 0 radical (unpaired) electrons. The van der Waals surface area contributed by atoms with E-state index in [2.05, 4.69) is 0 Å². The summed E-state index contributed by atoms with van der Waals surface area (Å²) in [6.45, 7) is 2.33. The van der Waals surface area contributed by atoms with Gasteiger partial charge in [0.25, 0.3) is 5.69 Å². The summed E-state index contributed by atoms with van der Waals surface area (Å²) in [5.41, 5.74) is 1.32. The summed E-state index contributed by atoms with van der Waals surface area (Å²) in [4.78, 5) is 24.4. The first-order valence-electron chi connectivity index (χ1n) is 8.27. The maximum atomic E-state index is 12.4. The largest absolute Gasteiger partial charge is 0.465 e. The maximum Gasteiger partial charge on any atom is 0.326 e. The maximum absolute atomic E-state index is 12.4. The Kier molecular flexibility index (Phi) is 6.82. The molecule has 2 rings (SSSR count). The second-order valence-electron chi connectivity index (χ2n) is 5.89. The molecule has 0 aliphatic rings. The van der Waals surface area contributed by atoms with Crippen LogP contribution in [-0.4, -0.2) is 40.6 Å². The molecule has 7 heteroatoms. The number of non-ortho nitro benzene ring substituents is 1. The van der Waals surface area contributed by atoms with Gasteiger partial charge in [-0.1, -0.05) is 30.3 Å². The number of aliphatic hydroxyl groups excluding tert-OH is 1. The molecule has 2 atom stereocenters. The van der Waals surface area contributed by atoms with Crippen LogP contribution in [0.2, 0.25) is 0 Å². The molecule has 138 valence electrons. The van der Waals surface area contributed by atoms with E-state index in [0.29, 0.717) is 12.1 Å². The average molecular weight is 358 g/mol. The molecule has 26 heavy (non-hydrogen) atoms. The Hall–Kier alpha value is -2.77. The van der Waals surface area contributed by atoms with Gasteiger partial charge in [0.05, 0.1) is 11.5 Å². The number of nitro groups is 1. The lowest BCUT2D eigenvalue weighted by molar-refractivity contribution is -0.384. The van der Waals surface area contributed by atoms with Crippen LogP contribution in [-0.2, 0) is 16.1 Å². The second-order valence-corrected chi connectivity index (χ2v) is 5.89. The van der Waals surface area contributed by atoms with Crippen molar-refractivity contribution in [2.75, 3.05) is 13.7 Å². The van der Waals surface area contributed by atoms with E-state index < -0.39 is 23.0 Å². The van der Waals surface area contributed by atoms with Crippen molar-refractivity contribution >= 4 is 11.7 Å². The minimum atomic E-state index is -1.18. The number of ether oxygens (including phenoxy) is 1. The first-order valence-corrected chi connectivity index (χ1v) is 8.27. The van der Waals surface area contributed by atoms with Crippen LogP contribution in [0.15, 0.2) is 54.6 Å². The number of carbonyl (C=O) groups is 1. The fourth-order valence-corrected chi connectivity index (χ4v) is 2.72. The lowest BCUT2D eigenvalue weighted by atomic mass is 10.00. The molecule has 0 saturated heterocycles. The van der Waals surface area contributed by atoms with Crippen LogP contribution >= 0.6 is 0 Å². The summed E-state index contributed by atoms with van der Waals surface area (Å²) in [5.74, 6) is -0.545. The third-order valence-corrected chi connectivity index (χ3v) is 4.02. The number of rotatable bonds is 8. The molecule has 0 fully saturated rings. The predicted molar refractivity (Wildman–Crippen MR) is 96.4 cm³/mol. The number of nitro benzene ring substituents is 1. The third kappa shape index (κ3) is 4.87. The molecule has 2 aromatic carbocycles. The van der Waals surface area contributed by atoms with E-state index >= 15 is 0 Å². The molecule has 0 heterocycles. The highest BCUT2D eigenvalue weighted by molar-refractivity contribution is 5.77. The van der Waals surface area contributed by atoms with Crippen molar-refractivity contribution in [2.45, 2.75) is 25.6 Å². The van der Waals surface area contributed by atoms with Crippen LogP contribution in [0.25, 0.3) is 0 Å². The minimum Gasteiger partial charge on any atom is -0.465 e.